The van der Waals surface area contributed by atoms with Crippen LogP contribution in [0.2, 0.25) is 0 Å². The number of hydrogen-bond acceptors (Lipinski definition) is 1. The largest absolute Gasteiger partial charge is 0.310 e. The normalized spacial score (nSPS) is 15.1. The third-order valence-electron chi connectivity index (χ3n) is 17.5. The van der Waals surface area contributed by atoms with Crippen LogP contribution in [0.5, 0.6) is 0 Å². The van der Waals surface area contributed by atoms with E-state index in [1.54, 1.807) is 0 Å². The van der Waals surface area contributed by atoms with Crippen molar-refractivity contribution in [3.63, 3.8) is 0 Å². The molecule has 11 aromatic rings. The minimum Gasteiger partial charge on any atom is -0.310 e. The van der Waals surface area contributed by atoms with E-state index in [2.05, 4.69) is 267 Å². The predicted molar refractivity (Wildman–Crippen MR) is 297 cm³/mol. The summed E-state index contributed by atoms with van der Waals surface area (Å²) in [5, 5.41) is 0. The van der Waals surface area contributed by atoms with Crippen molar-refractivity contribution in [3.05, 3.63) is 304 Å². The van der Waals surface area contributed by atoms with Gasteiger partial charge >= 0.3 is 0 Å². The van der Waals surface area contributed by atoms with Crippen molar-refractivity contribution >= 4 is 17.1 Å². The lowest BCUT2D eigenvalue weighted by Crippen LogP contribution is -2.29. The SMILES string of the molecule is CC1(C)c2ccccc2-c2ccc(N(c3ccc4c(c3)C3(c5ccccc5-c5ccccc5-c5ccccc53)c3ccccc3-4)c3ccc4c(c3)C3(c5ccccc5-c5ccccc53)c3ccccc3-4)cc21. The van der Waals surface area contributed by atoms with Gasteiger partial charge in [0.2, 0.25) is 0 Å². The minimum atomic E-state index is -0.609. The van der Waals surface area contributed by atoms with E-state index in [-0.39, 0.29) is 5.41 Å². The van der Waals surface area contributed by atoms with Gasteiger partial charge in [-0.3, -0.25) is 0 Å². The van der Waals surface area contributed by atoms with Crippen LogP contribution in [0.3, 0.4) is 0 Å². The molecule has 72 heavy (non-hydrogen) atoms. The Morgan fingerprint density at radius 2 is 0.431 bits per heavy atom. The van der Waals surface area contributed by atoms with E-state index in [4.69, 9.17) is 0 Å². The summed E-state index contributed by atoms with van der Waals surface area (Å²) in [5.74, 6) is 0. The average Bonchev–Trinajstić information content (AvgIpc) is 4.07. The molecule has 336 valence electrons. The van der Waals surface area contributed by atoms with Gasteiger partial charge in [0.25, 0.3) is 0 Å². The van der Waals surface area contributed by atoms with Crippen LogP contribution in [0.1, 0.15) is 69.5 Å². The van der Waals surface area contributed by atoms with E-state index >= 15 is 0 Å². The number of anilines is 3. The first kappa shape index (κ1) is 40.0. The fraction of sp³-hybridized carbons (Fsp3) is 0.0704. The van der Waals surface area contributed by atoms with E-state index in [0.29, 0.717) is 0 Å². The highest BCUT2D eigenvalue weighted by Gasteiger charge is 2.53. The summed E-state index contributed by atoms with van der Waals surface area (Å²) in [4.78, 5) is 2.57. The summed E-state index contributed by atoms with van der Waals surface area (Å²) in [6, 6.07) is 95.1. The fourth-order valence-corrected chi connectivity index (χ4v) is 14.7. The van der Waals surface area contributed by atoms with Crippen molar-refractivity contribution in [1.82, 2.24) is 0 Å². The topological polar surface area (TPSA) is 3.24 Å². The number of rotatable bonds is 3. The summed E-state index contributed by atoms with van der Waals surface area (Å²) >= 11 is 0. The maximum atomic E-state index is 2.57. The third kappa shape index (κ3) is 4.84. The molecule has 0 atom stereocenters. The second kappa shape index (κ2) is 14.2. The molecule has 1 heteroatoms. The van der Waals surface area contributed by atoms with Gasteiger partial charge in [0, 0.05) is 22.5 Å². The van der Waals surface area contributed by atoms with Gasteiger partial charge < -0.3 is 4.90 Å². The van der Waals surface area contributed by atoms with Crippen molar-refractivity contribution in [2.45, 2.75) is 30.1 Å². The summed E-state index contributed by atoms with van der Waals surface area (Å²) in [6.45, 7) is 4.79. The monoisotopic (exact) mass is 913 g/mol. The van der Waals surface area contributed by atoms with Crippen LogP contribution >= 0.6 is 0 Å². The van der Waals surface area contributed by atoms with Crippen LogP contribution in [0.15, 0.2) is 249 Å². The Morgan fingerprint density at radius 3 is 0.764 bits per heavy atom. The minimum absolute atomic E-state index is 0.180. The Balaban J connectivity index is 0.994. The van der Waals surface area contributed by atoms with Gasteiger partial charge in [0.05, 0.1) is 10.8 Å². The zero-order valence-corrected chi connectivity index (χ0v) is 40.1. The highest BCUT2D eigenvalue weighted by atomic mass is 15.1. The highest BCUT2D eigenvalue weighted by molar-refractivity contribution is 6.00. The molecule has 0 bridgehead atoms. The first-order chi connectivity index (χ1) is 35.5. The van der Waals surface area contributed by atoms with E-state index in [1.165, 1.54) is 122 Å². The summed E-state index contributed by atoms with van der Waals surface area (Å²) in [6.07, 6.45) is 0. The van der Waals surface area contributed by atoms with Crippen LogP contribution < -0.4 is 4.90 Å². The zero-order valence-electron chi connectivity index (χ0n) is 40.1. The number of hydrogen-bond donors (Lipinski definition) is 0. The van der Waals surface area contributed by atoms with Gasteiger partial charge in [-0.05, 0) is 159 Å². The first-order valence-corrected chi connectivity index (χ1v) is 25.5. The smallest absolute Gasteiger partial charge is 0.0726 e. The maximum Gasteiger partial charge on any atom is 0.0726 e. The first-order valence-electron chi connectivity index (χ1n) is 25.5. The molecule has 0 saturated heterocycles. The molecule has 0 amide bonds. The van der Waals surface area contributed by atoms with Gasteiger partial charge in [-0.15, -0.1) is 0 Å². The molecule has 11 aromatic carbocycles. The summed E-state index contributed by atoms with van der Waals surface area (Å²) < 4.78 is 0. The van der Waals surface area contributed by atoms with Gasteiger partial charge in [-0.1, -0.05) is 226 Å². The van der Waals surface area contributed by atoms with Crippen LogP contribution in [-0.4, -0.2) is 0 Å². The molecule has 1 nitrogen and oxygen atoms in total. The molecular weight excluding hydrogens is 867 g/mol. The van der Waals surface area contributed by atoms with Gasteiger partial charge in [-0.25, -0.2) is 0 Å². The van der Waals surface area contributed by atoms with Crippen LogP contribution in [0.25, 0.3) is 66.8 Å². The molecule has 0 N–H and O–H groups in total. The lowest BCUT2D eigenvalue weighted by molar-refractivity contribution is 0.660. The predicted octanol–water partition coefficient (Wildman–Crippen LogP) is 17.8. The van der Waals surface area contributed by atoms with Crippen molar-refractivity contribution in [2.75, 3.05) is 4.90 Å². The van der Waals surface area contributed by atoms with E-state index in [9.17, 15) is 0 Å². The molecule has 0 unspecified atom stereocenters. The lowest BCUT2D eigenvalue weighted by Gasteiger charge is -2.36. The molecule has 0 radical (unpaired) electrons. The van der Waals surface area contributed by atoms with Crippen molar-refractivity contribution in [3.8, 4) is 66.8 Å². The highest BCUT2D eigenvalue weighted by Crippen LogP contribution is 2.65. The standard InChI is InChI=1S/C71H47N/c1-69(2)59-28-12-5-23-51(59)56-38-35-44(41-66(56)69)72(46-37-40-58-55-27-11-18-34-65(55)71(68(58)43-46)62-31-15-8-24-52(62)53-25-9-16-32-63(53)71)45-36-39-57-54-26-10-17-33-64(54)70(67(57)42-45)60-29-13-6-21-49(60)47-19-3-4-20-48(47)50-22-7-14-30-61(50)70/h3-43H,1-2H3. The quantitative estimate of drug-likeness (QED) is 0.171. The summed E-state index contributed by atoms with van der Waals surface area (Å²) in [7, 11) is 0. The van der Waals surface area contributed by atoms with Gasteiger partial charge in [0.1, 0.15) is 0 Å². The van der Waals surface area contributed by atoms with Crippen molar-refractivity contribution < 1.29 is 0 Å². The van der Waals surface area contributed by atoms with Crippen molar-refractivity contribution in [2.24, 2.45) is 0 Å². The summed E-state index contributed by atoms with van der Waals surface area (Å²) in [5.41, 5.74) is 31.0. The Labute approximate surface area is 421 Å². The molecule has 0 saturated carbocycles. The second-order valence-electron chi connectivity index (χ2n) is 21.0. The zero-order chi connectivity index (χ0) is 47.5. The van der Waals surface area contributed by atoms with Gasteiger partial charge in [-0.2, -0.15) is 0 Å². The van der Waals surface area contributed by atoms with Crippen LogP contribution in [-0.2, 0) is 16.2 Å². The molecule has 2 spiro atoms. The molecule has 0 aliphatic heterocycles. The Hall–Kier alpha value is -8.78. The second-order valence-corrected chi connectivity index (χ2v) is 21.0. The van der Waals surface area contributed by atoms with Gasteiger partial charge in [0.15, 0.2) is 0 Å². The number of nitrogens with zero attached hydrogens (tertiary/aromatic N) is 1. The maximum absolute atomic E-state index is 2.57. The Kier molecular flexibility index (Phi) is 7.88. The average molecular weight is 914 g/mol. The number of fused-ring (bicyclic) bond motifs is 25. The van der Waals surface area contributed by atoms with E-state index < -0.39 is 10.8 Å². The van der Waals surface area contributed by atoms with E-state index in [1.807, 2.05) is 0 Å². The van der Waals surface area contributed by atoms with E-state index in [0.717, 1.165) is 17.1 Å². The molecule has 16 rings (SSSR count). The van der Waals surface area contributed by atoms with Crippen LogP contribution in [0.4, 0.5) is 17.1 Å². The molecule has 0 fully saturated rings. The Morgan fingerprint density at radius 1 is 0.208 bits per heavy atom. The van der Waals surface area contributed by atoms with Crippen molar-refractivity contribution in [1.29, 1.82) is 0 Å². The Bertz CT molecular complexity index is 4030. The molecule has 0 heterocycles. The molecule has 5 aliphatic rings. The molecular formula is C71H47N. The fourth-order valence-electron chi connectivity index (χ4n) is 14.7. The molecule has 0 aromatic heterocycles. The number of benzene rings is 11. The van der Waals surface area contributed by atoms with Crippen LogP contribution in [0, 0.1) is 0 Å². The third-order valence-corrected chi connectivity index (χ3v) is 17.5. The molecule has 5 aliphatic carbocycles. The lowest BCUT2D eigenvalue weighted by atomic mass is 9.66.